The Hall–Kier alpha value is -1.14. The molecular weight excluding hydrogens is 322 g/mol. The van der Waals surface area contributed by atoms with Crippen molar-refractivity contribution in [2.75, 3.05) is 6.54 Å². The SMILES string of the molecule is CC(C)[C@H]1CCCN1Cc1nnc(-c2ccc(Br)o2)o1. The van der Waals surface area contributed by atoms with Crippen molar-refractivity contribution in [3.63, 3.8) is 0 Å². The fourth-order valence-electron chi connectivity index (χ4n) is 2.82. The van der Waals surface area contributed by atoms with Gasteiger partial charge in [-0.2, -0.15) is 0 Å². The number of hydrogen-bond donors (Lipinski definition) is 0. The van der Waals surface area contributed by atoms with Crippen molar-refractivity contribution < 1.29 is 8.83 Å². The van der Waals surface area contributed by atoms with Gasteiger partial charge >= 0.3 is 0 Å². The third-order valence-electron chi connectivity index (χ3n) is 3.77. The molecule has 0 bridgehead atoms. The maximum absolute atomic E-state index is 5.69. The van der Waals surface area contributed by atoms with Crippen molar-refractivity contribution in [2.24, 2.45) is 5.92 Å². The predicted octanol–water partition coefficient (Wildman–Crippen LogP) is 3.71. The molecular formula is C14H18BrN3O2. The highest BCUT2D eigenvalue weighted by Crippen LogP contribution is 2.27. The van der Waals surface area contributed by atoms with E-state index in [1.165, 1.54) is 12.8 Å². The van der Waals surface area contributed by atoms with Crippen LogP contribution in [0.15, 0.2) is 25.6 Å². The molecule has 0 radical (unpaired) electrons. The zero-order chi connectivity index (χ0) is 14.1. The lowest BCUT2D eigenvalue weighted by atomic mass is 10.0. The average molecular weight is 340 g/mol. The Morgan fingerprint density at radius 2 is 2.20 bits per heavy atom. The van der Waals surface area contributed by atoms with E-state index in [4.69, 9.17) is 8.83 Å². The van der Waals surface area contributed by atoms with Gasteiger partial charge in [0.2, 0.25) is 5.89 Å². The van der Waals surface area contributed by atoms with Crippen molar-refractivity contribution in [3.05, 3.63) is 22.7 Å². The van der Waals surface area contributed by atoms with E-state index in [2.05, 4.69) is 44.9 Å². The molecule has 3 rings (SSSR count). The van der Waals surface area contributed by atoms with Crippen molar-refractivity contribution in [1.29, 1.82) is 0 Å². The number of hydrogen-bond acceptors (Lipinski definition) is 5. The van der Waals surface area contributed by atoms with E-state index in [9.17, 15) is 0 Å². The van der Waals surface area contributed by atoms with Crippen LogP contribution in [0.4, 0.5) is 0 Å². The van der Waals surface area contributed by atoms with E-state index in [-0.39, 0.29) is 0 Å². The number of halogens is 1. The zero-order valence-electron chi connectivity index (χ0n) is 11.7. The third kappa shape index (κ3) is 2.81. The maximum Gasteiger partial charge on any atom is 0.283 e. The fourth-order valence-corrected chi connectivity index (χ4v) is 3.13. The monoisotopic (exact) mass is 339 g/mol. The van der Waals surface area contributed by atoms with Gasteiger partial charge in [-0.25, -0.2) is 0 Å². The van der Waals surface area contributed by atoms with Gasteiger partial charge in [0.05, 0.1) is 6.54 Å². The first-order chi connectivity index (χ1) is 9.63. The first-order valence-corrected chi connectivity index (χ1v) is 7.75. The minimum atomic E-state index is 0.436. The smallest absolute Gasteiger partial charge is 0.283 e. The van der Waals surface area contributed by atoms with Gasteiger partial charge in [-0.05, 0) is 53.4 Å². The molecule has 5 nitrogen and oxygen atoms in total. The fraction of sp³-hybridized carbons (Fsp3) is 0.571. The summed E-state index contributed by atoms with van der Waals surface area (Å²) >= 11 is 3.27. The molecule has 2 aromatic rings. The Kier molecular flexibility index (Phi) is 3.94. The number of likely N-dealkylation sites (tertiary alicyclic amines) is 1. The topological polar surface area (TPSA) is 55.3 Å². The molecule has 0 N–H and O–H groups in total. The van der Waals surface area contributed by atoms with E-state index in [0.29, 0.717) is 34.2 Å². The Balaban J connectivity index is 1.71. The van der Waals surface area contributed by atoms with Gasteiger partial charge in [-0.15, -0.1) is 10.2 Å². The average Bonchev–Trinajstić information content (AvgIpc) is 3.09. The first kappa shape index (κ1) is 13.8. The quantitative estimate of drug-likeness (QED) is 0.849. The third-order valence-corrected chi connectivity index (χ3v) is 4.20. The van der Waals surface area contributed by atoms with Crippen molar-refractivity contribution >= 4 is 15.9 Å². The molecule has 3 heterocycles. The Bertz CT molecular complexity index is 578. The molecule has 0 amide bonds. The van der Waals surface area contributed by atoms with Crippen LogP contribution < -0.4 is 0 Å². The molecule has 2 aromatic heterocycles. The summed E-state index contributed by atoms with van der Waals surface area (Å²) < 4.78 is 11.8. The summed E-state index contributed by atoms with van der Waals surface area (Å²) in [5.41, 5.74) is 0. The van der Waals surface area contributed by atoms with Crippen molar-refractivity contribution in [3.8, 4) is 11.7 Å². The van der Waals surface area contributed by atoms with E-state index < -0.39 is 0 Å². The molecule has 1 aliphatic heterocycles. The van der Waals surface area contributed by atoms with Crippen LogP contribution in [-0.4, -0.2) is 27.7 Å². The highest BCUT2D eigenvalue weighted by molar-refractivity contribution is 9.10. The van der Waals surface area contributed by atoms with Gasteiger partial charge < -0.3 is 8.83 Å². The normalized spacial score (nSPS) is 20.1. The summed E-state index contributed by atoms with van der Waals surface area (Å²) in [4.78, 5) is 2.43. The van der Waals surface area contributed by atoms with Crippen LogP contribution in [-0.2, 0) is 6.54 Å². The maximum atomic E-state index is 5.69. The Morgan fingerprint density at radius 1 is 1.35 bits per heavy atom. The van der Waals surface area contributed by atoms with E-state index in [0.717, 1.165) is 13.1 Å². The van der Waals surface area contributed by atoms with Crippen LogP contribution in [0.1, 0.15) is 32.6 Å². The van der Waals surface area contributed by atoms with Crippen LogP contribution >= 0.6 is 15.9 Å². The largest absolute Gasteiger partial charge is 0.444 e. The van der Waals surface area contributed by atoms with Gasteiger partial charge in [0.25, 0.3) is 5.89 Å². The van der Waals surface area contributed by atoms with E-state index in [1.807, 2.05) is 12.1 Å². The molecule has 0 spiro atoms. The molecule has 108 valence electrons. The summed E-state index contributed by atoms with van der Waals surface area (Å²) in [5.74, 6) is 2.34. The molecule has 20 heavy (non-hydrogen) atoms. The summed E-state index contributed by atoms with van der Waals surface area (Å²) in [7, 11) is 0. The van der Waals surface area contributed by atoms with Gasteiger partial charge in [0.15, 0.2) is 10.4 Å². The summed E-state index contributed by atoms with van der Waals surface area (Å²) in [6.45, 7) is 6.36. The van der Waals surface area contributed by atoms with Crippen LogP contribution in [0.3, 0.4) is 0 Å². The molecule has 0 aromatic carbocycles. The Morgan fingerprint density at radius 3 is 2.90 bits per heavy atom. The summed E-state index contributed by atoms with van der Waals surface area (Å²) in [5, 5.41) is 8.18. The standard InChI is InChI=1S/C14H18BrN3O2/c1-9(2)10-4-3-7-18(10)8-13-16-17-14(20-13)11-5-6-12(15)19-11/h5-6,9-10H,3-4,7-8H2,1-2H3/t10-/m1/s1. The van der Waals surface area contributed by atoms with Crippen molar-refractivity contribution in [2.45, 2.75) is 39.3 Å². The Labute approximate surface area is 126 Å². The van der Waals surface area contributed by atoms with Gasteiger partial charge in [-0.1, -0.05) is 13.8 Å². The molecule has 1 saturated heterocycles. The van der Waals surface area contributed by atoms with Gasteiger partial charge in [0, 0.05) is 6.04 Å². The van der Waals surface area contributed by atoms with Crippen LogP contribution in [0.5, 0.6) is 0 Å². The highest BCUT2D eigenvalue weighted by Gasteiger charge is 2.28. The molecule has 0 unspecified atom stereocenters. The van der Waals surface area contributed by atoms with Crippen molar-refractivity contribution in [1.82, 2.24) is 15.1 Å². The van der Waals surface area contributed by atoms with Crippen LogP contribution in [0, 0.1) is 5.92 Å². The molecule has 1 fully saturated rings. The lowest BCUT2D eigenvalue weighted by molar-refractivity contribution is 0.182. The lowest BCUT2D eigenvalue weighted by Crippen LogP contribution is -2.32. The number of aromatic nitrogens is 2. The molecule has 1 aliphatic rings. The van der Waals surface area contributed by atoms with Crippen LogP contribution in [0.25, 0.3) is 11.7 Å². The number of nitrogens with zero attached hydrogens (tertiary/aromatic N) is 3. The van der Waals surface area contributed by atoms with E-state index in [1.54, 1.807) is 0 Å². The highest BCUT2D eigenvalue weighted by atomic mass is 79.9. The van der Waals surface area contributed by atoms with E-state index >= 15 is 0 Å². The second-order valence-corrected chi connectivity index (χ2v) is 6.31. The minimum Gasteiger partial charge on any atom is -0.444 e. The number of furan rings is 1. The molecule has 1 atom stereocenters. The van der Waals surface area contributed by atoms with Gasteiger partial charge in [-0.3, -0.25) is 4.90 Å². The second kappa shape index (κ2) is 5.69. The van der Waals surface area contributed by atoms with Crippen LogP contribution in [0.2, 0.25) is 0 Å². The minimum absolute atomic E-state index is 0.436. The predicted molar refractivity (Wildman–Crippen MR) is 78.0 cm³/mol. The lowest BCUT2D eigenvalue weighted by Gasteiger charge is -2.25. The molecule has 6 heteroatoms. The first-order valence-electron chi connectivity index (χ1n) is 6.95. The molecule has 0 saturated carbocycles. The number of rotatable bonds is 4. The molecule has 0 aliphatic carbocycles. The van der Waals surface area contributed by atoms with Gasteiger partial charge in [0.1, 0.15) is 0 Å². The summed E-state index contributed by atoms with van der Waals surface area (Å²) in [6.07, 6.45) is 2.50. The summed E-state index contributed by atoms with van der Waals surface area (Å²) in [6, 6.07) is 4.24. The second-order valence-electron chi connectivity index (χ2n) is 5.53. The zero-order valence-corrected chi connectivity index (χ0v) is 13.3.